The van der Waals surface area contributed by atoms with E-state index in [-0.39, 0.29) is 0 Å². The summed E-state index contributed by atoms with van der Waals surface area (Å²) in [6.07, 6.45) is 0. The van der Waals surface area contributed by atoms with E-state index in [2.05, 4.69) is 5.32 Å². The van der Waals surface area contributed by atoms with Crippen molar-refractivity contribution >= 4 is 17.6 Å². The number of halogens is 1. The van der Waals surface area contributed by atoms with Gasteiger partial charge in [-0.2, -0.15) is 0 Å². The molecule has 5 heteroatoms. The molecule has 0 saturated heterocycles. The minimum absolute atomic E-state index is 0.391. The molecule has 0 unspecified atom stereocenters. The predicted molar refractivity (Wildman–Crippen MR) is 66.6 cm³/mol. The Labute approximate surface area is 106 Å². The highest BCUT2D eigenvalue weighted by molar-refractivity contribution is 6.31. The summed E-state index contributed by atoms with van der Waals surface area (Å²) in [5.41, 5.74) is -0.148. The van der Waals surface area contributed by atoms with Crippen LogP contribution in [0.3, 0.4) is 0 Å². The summed E-state index contributed by atoms with van der Waals surface area (Å²) in [6.45, 7) is 3.60. The Hall–Kier alpha value is -1.26. The number of aliphatic carboxylic acids is 1. The van der Waals surface area contributed by atoms with Gasteiger partial charge in [-0.3, -0.25) is 10.1 Å². The van der Waals surface area contributed by atoms with E-state index in [1.54, 1.807) is 33.1 Å². The number of carbonyl (C=O) groups is 1. The number of hydrogen-bond acceptors (Lipinski definition) is 3. The maximum absolute atomic E-state index is 10.9. The molecule has 0 bridgehead atoms. The third-order valence-corrected chi connectivity index (χ3v) is 2.87. The fourth-order valence-electron chi connectivity index (χ4n) is 1.19. The second-order valence-electron chi connectivity index (χ2n) is 4.24. The predicted octanol–water partition coefficient (Wildman–Crippen LogP) is 2.30. The zero-order chi connectivity index (χ0) is 13.1. The van der Waals surface area contributed by atoms with Gasteiger partial charge in [0.25, 0.3) is 0 Å². The van der Waals surface area contributed by atoms with E-state index >= 15 is 0 Å². The third kappa shape index (κ3) is 3.61. The Morgan fingerprint density at radius 3 is 2.65 bits per heavy atom. The van der Waals surface area contributed by atoms with Crippen LogP contribution in [-0.4, -0.2) is 23.7 Å². The van der Waals surface area contributed by atoms with Crippen LogP contribution in [0.25, 0.3) is 0 Å². The zero-order valence-electron chi connectivity index (χ0n) is 10.1. The highest BCUT2D eigenvalue weighted by Gasteiger charge is 2.26. The molecule has 4 nitrogen and oxygen atoms in total. The molecule has 0 spiro atoms. The molecule has 0 aliphatic rings. The second-order valence-corrected chi connectivity index (χ2v) is 4.65. The Balaban J connectivity index is 2.73. The SMILES string of the molecule is COc1ccc(CNC(C)(C)C(=O)O)c(Cl)c1. The van der Waals surface area contributed by atoms with Crippen molar-refractivity contribution in [3.63, 3.8) is 0 Å². The van der Waals surface area contributed by atoms with Gasteiger partial charge in [0.05, 0.1) is 7.11 Å². The van der Waals surface area contributed by atoms with Crippen LogP contribution in [0.5, 0.6) is 5.75 Å². The lowest BCUT2D eigenvalue weighted by atomic mass is 10.1. The first-order chi connectivity index (χ1) is 7.86. The summed E-state index contributed by atoms with van der Waals surface area (Å²) in [7, 11) is 1.57. The molecule has 0 heterocycles. The molecule has 0 aliphatic carbocycles. The van der Waals surface area contributed by atoms with Crippen molar-refractivity contribution in [3.05, 3.63) is 28.8 Å². The van der Waals surface area contributed by atoms with Crippen molar-refractivity contribution < 1.29 is 14.6 Å². The number of benzene rings is 1. The largest absolute Gasteiger partial charge is 0.497 e. The summed E-state index contributed by atoms with van der Waals surface area (Å²) < 4.78 is 5.03. The number of rotatable bonds is 5. The van der Waals surface area contributed by atoms with E-state index in [9.17, 15) is 4.79 Å². The normalized spacial score (nSPS) is 11.3. The van der Waals surface area contributed by atoms with Gasteiger partial charge in [-0.15, -0.1) is 0 Å². The molecule has 0 atom stereocenters. The summed E-state index contributed by atoms with van der Waals surface area (Å²) in [5.74, 6) is -0.224. The van der Waals surface area contributed by atoms with Gasteiger partial charge < -0.3 is 9.84 Å². The van der Waals surface area contributed by atoms with Crippen LogP contribution in [0.1, 0.15) is 19.4 Å². The maximum atomic E-state index is 10.9. The fourth-order valence-corrected chi connectivity index (χ4v) is 1.43. The van der Waals surface area contributed by atoms with Crippen LogP contribution in [0.15, 0.2) is 18.2 Å². The highest BCUT2D eigenvalue weighted by Crippen LogP contribution is 2.22. The first kappa shape index (κ1) is 13.8. The average molecular weight is 258 g/mol. The lowest BCUT2D eigenvalue weighted by Crippen LogP contribution is -2.46. The van der Waals surface area contributed by atoms with Gasteiger partial charge in [0.1, 0.15) is 11.3 Å². The molecule has 17 heavy (non-hydrogen) atoms. The molecule has 94 valence electrons. The van der Waals surface area contributed by atoms with Gasteiger partial charge in [-0.1, -0.05) is 17.7 Å². The Morgan fingerprint density at radius 2 is 2.18 bits per heavy atom. The van der Waals surface area contributed by atoms with E-state index in [0.29, 0.717) is 17.3 Å². The average Bonchev–Trinajstić information content (AvgIpc) is 2.27. The van der Waals surface area contributed by atoms with Crippen LogP contribution in [-0.2, 0) is 11.3 Å². The first-order valence-electron chi connectivity index (χ1n) is 5.17. The van der Waals surface area contributed by atoms with Gasteiger partial charge >= 0.3 is 5.97 Å². The monoisotopic (exact) mass is 257 g/mol. The molecular weight excluding hydrogens is 242 g/mol. The molecule has 0 saturated carbocycles. The quantitative estimate of drug-likeness (QED) is 0.850. The molecule has 1 aromatic rings. The zero-order valence-corrected chi connectivity index (χ0v) is 10.8. The number of methoxy groups -OCH3 is 1. The van der Waals surface area contributed by atoms with E-state index in [4.69, 9.17) is 21.4 Å². The molecule has 1 rings (SSSR count). The van der Waals surface area contributed by atoms with E-state index < -0.39 is 11.5 Å². The minimum atomic E-state index is -0.983. The van der Waals surface area contributed by atoms with Crippen molar-refractivity contribution in [3.8, 4) is 5.75 Å². The fraction of sp³-hybridized carbons (Fsp3) is 0.417. The van der Waals surface area contributed by atoms with E-state index in [1.165, 1.54) is 0 Å². The van der Waals surface area contributed by atoms with Crippen LogP contribution < -0.4 is 10.1 Å². The summed E-state index contributed by atoms with van der Waals surface area (Å²) in [5, 5.41) is 12.4. The summed E-state index contributed by atoms with van der Waals surface area (Å²) in [6, 6.07) is 5.30. The van der Waals surface area contributed by atoms with Crippen molar-refractivity contribution in [1.82, 2.24) is 5.32 Å². The second kappa shape index (κ2) is 5.38. The topological polar surface area (TPSA) is 58.6 Å². The summed E-state index contributed by atoms with van der Waals surface area (Å²) in [4.78, 5) is 10.9. The standard InChI is InChI=1S/C12H16ClNO3/c1-12(2,11(15)16)14-7-8-4-5-9(17-3)6-10(8)13/h4-6,14H,7H2,1-3H3,(H,15,16). The molecule has 0 radical (unpaired) electrons. The van der Waals surface area contributed by atoms with Crippen LogP contribution in [0, 0.1) is 0 Å². The maximum Gasteiger partial charge on any atom is 0.323 e. The number of hydrogen-bond donors (Lipinski definition) is 2. The highest BCUT2D eigenvalue weighted by atomic mass is 35.5. The molecular formula is C12H16ClNO3. The van der Waals surface area contributed by atoms with E-state index in [1.807, 2.05) is 6.07 Å². The van der Waals surface area contributed by atoms with Gasteiger partial charge in [0.15, 0.2) is 0 Å². The van der Waals surface area contributed by atoms with Crippen molar-refractivity contribution in [2.75, 3.05) is 7.11 Å². The lowest BCUT2D eigenvalue weighted by molar-refractivity contribution is -0.143. The smallest absolute Gasteiger partial charge is 0.323 e. The Bertz CT molecular complexity index is 418. The molecule has 0 aromatic heterocycles. The molecule has 0 amide bonds. The van der Waals surface area contributed by atoms with Crippen molar-refractivity contribution in [2.45, 2.75) is 25.9 Å². The van der Waals surface area contributed by atoms with Crippen molar-refractivity contribution in [2.24, 2.45) is 0 Å². The number of carboxylic acids is 1. The van der Waals surface area contributed by atoms with Gasteiger partial charge in [0, 0.05) is 11.6 Å². The third-order valence-electron chi connectivity index (χ3n) is 2.52. The molecule has 1 aromatic carbocycles. The van der Waals surface area contributed by atoms with Gasteiger partial charge in [-0.25, -0.2) is 0 Å². The Kier molecular flexibility index (Phi) is 4.37. The number of nitrogens with one attached hydrogen (secondary N) is 1. The molecule has 0 aliphatic heterocycles. The van der Waals surface area contributed by atoms with Crippen molar-refractivity contribution in [1.29, 1.82) is 0 Å². The number of carboxylic acid groups (broad SMARTS) is 1. The minimum Gasteiger partial charge on any atom is -0.497 e. The van der Waals surface area contributed by atoms with Crippen LogP contribution >= 0.6 is 11.6 Å². The summed E-state index contributed by atoms with van der Waals surface area (Å²) >= 11 is 6.05. The van der Waals surface area contributed by atoms with E-state index in [0.717, 1.165) is 5.56 Å². The first-order valence-corrected chi connectivity index (χ1v) is 5.55. The van der Waals surface area contributed by atoms with Gasteiger partial charge in [-0.05, 0) is 31.5 Å². The van der Waals surface area contributed by atoms with Crippen LogP contribution in [0.4, 0.5) is 0 Å². The molecule has 0 fully saturated rings. The molecule has 2 N–H and O–H groups in total. The Morgan fingerprint density at radius 1 is 1.53 bits per heavy atom. The number of ether oxygens (including phenoxy) is 1. The lowest BCUT2D eigenvalue weighted by Gasteiger charge is -2.21. The van der Waals surface area contributed by atoms with Gasteiger partial charge in [0.2, 0.25) is 0 Å². The van der Waals surface area contributed by atoms with Crippen LogP contribution in [0.2, 0.25) is 5.02 Å².